The zero-order chi connectivity index (χ0) is 21.1. The van der Waals surface area contributed by atoms with Gasteiger partial charge < -0.3 is 14.1 Å². The fourth-order valence-electron chi connectivity index (χ4n) is 3.84. The fourth-order valence-corrected chi connectivity index (χ4v) is 3.84. The number of nitrogens with one attached hydrogen (secondary N) is 2. The van der Waals surface area contributed by atoms with Crippen molar-refractivity contribution in [3.05, 3.63) is 53.9 Å². The molecule has 1 aromatic carbocycles. The predicted molar refractivity (Wildman–Crippen MR) is 112 cm³/mol. The lowest BCUT2D eigenvalue weighted by molar-refractivity contribution is -0.142. The first kappa shape index (κ1) is 20.0. The highest BCUT2D eigenvalue weighted by molar-refractivity contribution is 6.24. The molecule has 0 saturated heterocycles. The average molecular weight is 408 g/mol. The Kier molecular flexibility index (Phi) is 5.72. The summed E-state index contributed by atoms with van der Waals surface area (Å²) < 4.78 is 11.1. The number of carbonyl (C=O) groups is 2. The maximum atomic E-state index is 12.5. The highest BCUT2D eigenvalue weighted by atomic mass is 16.6. The standard InChI is InChI=1S/C23H24N2O5/c1-3-4-5-7-19-20(21(23(27)30-19)22(26)25-28-2)17-13-15-12-14(9-10-16(15)24-17)18-8-6-11-29-18/h6,8-13,19,24H,3-5,7H2,1-2H3,(H,25,26). The van der Waals surface area contributed by atoms with E-state index in [9.17, 15) is 9.59 Å². The molecule has 0 aliphatic carbocycles. The van der Waals surface area contributed by atoms with Crippen LogP contribution in [0.4, 0.5) is 0 Å². The van der Waals surface area contributed by atoms with Crippen molar-refractivity contribution in [1.82, 2.24) is 10.5 Å². The van der Waals surface area contributed by atoms with Crippen molar-refractivity contribution in [2.24, 2.45) is 0 Å². The second kappa shape index (κ2) is 8.59. The normalized spacial score (nSPS) is 16.3. The molecular weight excluding hydrogens is 384 g/mol. The second-order valence-corrected chi connectivity index (χ2v) is 7.28. The van der Waals surface area contributed by atoms with Crippen LogP contribution >= 0.6 is 0 Å². The summed E-state index contributed by atoms with van der Waals surface area (Å²) in [6, 6.07) is 11.6. The van der Waals surface area contributed by atoms with Crippen LogP contribution in [0.2, 0.25) is 0 Å². The maximum Gasteiger partial charge on any atom is 0.344 e. The number of cyclic esters (lactones) is 1. The number of esters is 1. The van der Waals surface area contributed by atoms with Gasteiger partial charge in [0, 0.05) is 27.7 Å². The van der Waals surface area contributed by atoms with Crippen molar-refractivity contribution in [1.29, 1.82) is 0 Å². The number of hydrogen-bond acceptors (Lipinski definition) is 5. The van der Waals surface area contributed by atoms with E-state index in [1.54, 1.807) is 6.26 Å². The Labute approximate surface area is 174 Å². The third kappa shape index (κ3) is 3.76. The van der Waals surface area contributed by atoms with Gasteiger partial charge in [0.15, 0.2) is 0 Å². The zero-order valence-electron chi connectivity index (χ0n) is 17.0. The summed E-state index contributed by atoms with van der Waals surface area (Å²) >= 11 is 0. The summed E-state index contributed by atoms with van der Waals surface area (Å²) in [5, 5.41) is 0.949. The molecule has 1 unspecified atom stereocenters. The Hall–Kier alpha value is -3.32. The number of aromatic amines is 1. The number of carbonyl (C=O) groups excluding carboxylic acids is 2. The van der Waals surface area contributed by atoms with Gasteiger partial charge in [0.1, 0.15) is 17.4 Å². The van der Waals surface area contributed by atoms with E-state index >= 15 is 0 Å². The van der Waals surface area contributed by atoms with Gasteiger partial charge >= 0.3 is 5.97 Å². The lowest BCUT2D eigenvalue weighted by Gasteiger charge is -2.13. The van der Waals surface area contributed by atoms with E-state index in [0.717, 1.165) is 41.5 Å². The highest BCUT2D eigenvalue weighted by Gasteiger charge is 2.39. The molecule has 1 atom stereocenters. The predicted octanol–water partition coefficient (Wildman–Crippen LogP) is 4.36. The van der Waals surface area contributed by atoms with Crippen molar-refractivity contribution in [2.75, 3.05) is 7.11 Å². The van der Waals surface area contributed by atoms with E-state index in [2.05, 4.69) is 17.4 Å². The maximum absolute atomic E-state index is 12.5. The number of ether oxygens (including phenoxy) is 1. The molecule has 1 aliphatic heterocycles. The Bertz CT molecular complexity index is 1090. The van der Waals surface area contributed by atoms with Crippen molar-refractivity contribution in [3.63, 3.8) is 0 Å². The van der Waals surface area contributed by atoms with E-state index in [4.69, 9.17) is 14.0 Å². The molecule has 0 radical (unpaired) electrons. The van der Waals surface area contributed by atoms with Crippen LogP contribution in [-0.2, 0) is 19.2 Å². The largest absolute Gasteiger partial charge is 0.464 e. The van der Waals surface area contributed by atoms with E-state index in [1.807, 2.05) is 36.4 Å². The Morgan fingerprint density at radius 1 is 1.23 bits per heavy atom. The second-order valence-electron chi connectivity index (χ2n) is 7.28. The summed E-state index contributed by atoms with van der Waals surface area (Å²) in [7, 11) is 1.33. The van der Waals surface area contributed by atoms with Crippen molar-refractivity contribution in [3.8, 4) is 11.3 Å². The molecule has 0 spiro atoms. The number of fused-ring (bicyclic) bond motifs is 1. The molecule has 4 rings (SSSR count). The summed E-state index contributed by atoms with van der Waals surface area (Å²) in [5.74, 6) is -0.461. The van der Waals surface area contributed by atoms with Gasteiger partial charge in [-0.25, -0.2) is 10.3 Å². The smallest absolute Gasteiger partial charge is 0.344 e. The van der Waals surface area contributed by atoms with E-state index < -0.39 is 18.0 Å². The van der Waals surface area contributed by atoms with E-state index in [0.29, 0.717) is 17.7 Å². The molecule has 0 bridgehead atoms. The summed E-state index contributed by atoms with van der Waals surface area (Å²) in [4.78, 5) is 33.1. The lowest BCUT2D eigenvalue weighted by Crippen LogP contribution is -2.26. The summed E-state index contributed by atoms with van der Waals surface area (Å²) in [6.07, 6.45) is 4.81. The first-order chi connectivity index (χ1) is 14.6. The number of benzene rings is 1. The first-order valence-corrected chi connectivity index (χ1v) is 10.1. The SMILES string of the molecule is CCCCCC1OC(=O)C(C(=O)NOC)=C1c1cc2cc(-c3ccco3)ccc2[nH]1. The van der Waals surface area contributed by atoms with Crippen LogP contribution in [0.25, 0.3) is 27.8 Å². The molecule has 7 heteroatoms. The Morgan fingerprint density at radius 3 is 2.83 bits per heavy atom. The molecule has 30 heavy (non-hydrogen) atoms. The van der Waals surface area contributed by atoms with Crippen LogP contribution in [0.3, 0.4) is 0 Å². The first-order valence-electron chi connectivity index (χ1n) is 10.1. The summed E-state index contributed by atoms with van der Waals surface area (Å²) in [6.45, 7) is 2.11. The zero-order valence-corrected chi connectivity index (χ0v) is 17.0. The number of hydroxylamine groups is 1. The van der Waals surface area contributed by atoms with Gasteiger partial charge in [-0.05, 0) is 49.2 Å². The van der Waals surface area contributed by atoms with Gasteiger partial charge in [0.05, 0.1) is 13.4 Å². The Balaban J connectivity index is 1.76. The van der Waals surface area contributed by atoms with Crippen LogP contribution < -0.4 is 5.48 Å². The van der Waals surface area contributed by atoms with Crippen molar-refractivity contribution in [2.45, 2.75) is 38.7 Å². The number of rotatable bonds is 8. The number of furan rings is 1. The van der Waals surface area contributed by atoms with Crippen LogP contribution in [0.15, 0.2) is 52.7 Å². The molecule has 156 valence electrons. The average Bonchev–Trinajstić information content (AvgIpc) is 3.46. The number of H-pyrrole nitrogens is 1. The molecule has 3 heterocycles. The van der Waals surface area contributed by atoms with Crippen molar-refractivity contribution >= 4 is 28.4 Å². The van der Waals surface area contributed by atoms with Gasteiger partial charge in [-0.2, -0.15) is 0 Å². The molecule has 2 N–H and O–H groups in total. The van der Waals surface area contributed by atoms with Crippen LogP contribution in [0, 0.1) is 0 Å². The van der Waals surface area contributed by atoms with Gasteiger partial charge in [0.25, 0.3) is 5.91 Å². The van der Waals surface area contributed by atoms with Gasteiger partial charge in [-0.3, -0.25) is 9.63 Å². The molecule has 7 nitrogen and oxygen atoms in total. The fraction of sp³-hybridized carbons (Fsp3) is 0.304. The highest BCUT2D eigenvalue weighted by Crippen LogP contribution is 2.36. The van der Waals surface area contributed by atoms with Gasteiger partial charge in [0.2, 0.25) is 0 Å². The Morgan fingerprint density at radius 2 is 2.10 bits per heavy atom. The minimum Gasteiger partial charge on any atom is -0.464 e. The summed E-state index contributed by atoms with van der Waals surface area (Å²) in [5.41, 5.74) is 5.33. The van der Waals surface area contributed by atoms with Gasteiger partial charge in [-0.1, -0.05) is 19.8 Å². The quantitative estimate of drug-likeness (QED) is 0.250. The topological polar surface area (TPSA) is 93.6 Å². The minimum atomic E-state index is -0.629. The number of aromatic nitrogens is 1. The van der Waals surface area contributed by atoms with Crippen molar-refractivity contribution < 1.29 is 23.6 Å². The number of hydrogen-bond donors (Lipinski definition) is 2. The molecular formula is C23H24N2O5. The molecule has 1 aliphatic rings. The van der Waals surface area contributed by atoms with Gasteiger partial charge in [-0.15, -0.1) is 0 Å². The number of unbranched alkanes of at least 4 members (excludes halogenated alkanes) is 2. The number of amides is 1. The third-order valence-corrected chi connectivity index (χ3v) is 5.25. The molecule has 0 saturated carbocycles. The monoisotopic (exact) mass is 408 g/mol. The van der Waals surface area contributed by atoms with E-state index in [1.165, 1.54) is 7.11 Å². The minimum absolute atomic E-state index is 0.0174. The van der Waals surface area contributed by atoms with Crippen LogP contribution in [0.1, 0.15) is 38.3 Å². The van der Waals surface area contributed by atoms with Crippen LogP contribution in [0.5, 0.6) is 0 Å². The third-order valence-electron chi connectivity index (χ3n) is 5.25. The molecule has 3 aromatic rings. The van der Waals surface area contributed by atoms with E-state index in [-0.39, 0.29) is 5.57 Å². The van der Waals surface area contributed by atoms with Crippen LogP contribution in [-0.4, -0.2) is 30.1 Å². The lowest BCUT2D eigenvalue weighted by atomic mass is 9.97. The molecule has 1 amide bonds. The molecule has 0 fully saturated rings. The molecule has 2 aromatic heterocycles.